The largest absolute Gasteiger partial charge is 0.395 e. The monoisotopic (exact) mass is 296 g/mol. The van der Waals surface area contributed by atoms with E-state index in [1.54, 1.807) is 0 Å². The summed E-state index contributed by atoms with van der Waals surface area (Å²) >= 11 is 6.46. The average Bonchev–Trinajstić information content (AvgIpc) is 3.27. The fourth-order valence-electron chi connectivity index (χ4n) is 2.50. The van der Waals surface area contributed by atoms with Crippen molar-refractivity contribution in [1.29, 1.82) is 0 Å². The molecule has 0 saturated heterocycles. The molecule has 0 aliphatic heterocycles. The Labute approximate surface area is 126 Å². The molecule has 1 atom stereocenters. The zero-order valence-electron chi connectivity index (χ0n) is 12.4. The Hall–Kier alpha value is -0.770. The molecule has 2 rings (SSSR count). The number of aliphatic hydroxyl groups excluding tert-OH is 1. The average molecular weight is 297 g/mol. The predicted octanol–water partition coefficient (Wildman–Crippen LogP) is 3.36. The summed E-state index contributed by atoms with van der Waals surface area (Å²) in [5, 5.41) is 13.5. The van der Waals surface area contributed by atoms with E-state index in [1.165, 1.54) is 18.4 Å². The zero-order chi connectivity index (χ0) is 14.5. The van der Waals surface area contributed by atoms with Crippen LogP contribution in [0.4, 0.5) is 5.69 Å². The molecule has 20 heavy (non-hydrogen) atoms. The third-order valence-corrected chi connectivity index (χ3v) is 4.11. The van der Waals surface area contributed by atoms with Crippen LogP contribution in [0.5, 0.6) is 0 Å². The Balaban J connectivity index is 2.11. The Morgan fingerprint density at radius 2 is 2.20 bits per heavy atom. The Morgan fingerprint density at radius 1 is 1.45 bits per heavy atom. The molecule has 1 aromatic rings. The molecule has 0 amide bonds. The summed E-state index contributed by atoms with van der Waals surface area (Å²) < 4.78 is 0. The summed E-state index contributed by atoms with van der Waals surface area (Å²) in [5.74, 6) is 0. The van der Waals surface area contributed by atoms with E-state index in [1.807, 2.05) is 0 Å². The van der Waals surface area contributed by atoms with Crippen LogP contribution in [0.3, 0.4) is 0 Å². The number of anilines is 1. The van der Waals surface area contributed by atoms with Gasteiger partial charge in [-0.2, -0.15) is 0 Å². The predicted molar refractivity (Wildman–Crippen MR) is 85.6 cm³/mol. The molecule has 1 aromatic carbocycles. The molecule has 0 heterocycles. The molecule has 1 saturated carbocycles. The van der Waals surface area contributed by atoms with Gasteiger partial charge >= 0.3 is 0 Å². The molecule has 0 bridgehead atoms. The number of nitrogens with zero attached hydrogens (tertiary/aromatic N) is 1. The highest BCUT2D eigenvalue weighted by atomic mass is 35.5. The maximum absolute atomic E-state index is 9.21. The number of benzene rings is 1. The lowest BCUT2D eigenvalue weighted by Crippen LogP contribution is -2.29. The van der Waals surface area contributed by atoms with Crippen LogP contribution >= 0.6 is 11.6 Å². The van der Waals surface area contributed by atoms with Gasteiger partial charge in [0.15, 0.2) is 0 Å². The van der Waals surface area contributed by atoms with E-state index < -0.39 is 0 Å². The van der Waals surface area contributed by atoms with Crippen LogP contribution in [-0.4, -0.2) is 30.8 Å². The minimum Gasteiger partial charge on any atom is -0.395 e. The van der Waals surface area contributed by atoms with Crippen LogP contribution in [0.2, 0.25) is 5.02 Å². The lowest BCUT2D eigenvalue weighted by atomic mass is 10.1. The second-order valence-electron chi connectivity index (χ2n) is 5.53. The first-order valence-corrected chi connectivity index (χ1v) is 7.95. The summed E-state index contributed by atoms with van der Waals surface area (Å²) in [5.41, 5.74) is 2.27. The Bertz CT molecular complexity index is 434. The second-order valence-corrected chi connectivity index (χ2v) is 5.94. The first kappa shape index (κ1) is 15.6. The van der Waals surface area contributed by atoms with Gasteiger partial charge in [0.25, 0.3) is 0 Å². The number of nitrogens with one attached hydrogen (secondary N) is 1. The van der Waals surface area contributed by atoms with Crippen molar-refractivity contribution in [2.75, 3.05) is 24.6 Å². The third kappa shape index (κ3) is 3.87. The molecule has 0 radical (unpaired) electrons. The van der Waals surface area contributed by atoms with Gasteiger partial charge in [-0.05, 0) is 50.4 Å². The van der Waals surface area contributed by atoms with Crippen LogP contribution in [-0.2, 0) is 0 Å². The van der Waals surface area contributed by atoms with Crippen molar-refractivity contribution in [3.8, 4) is 0 Å². The summed E-state index contributed by atoms with van der Waals surface area (Å²) in [7, 11) is 0. The minimum atomic E-state index is 0.170. The van der Waals surface area contributed by atoms with Gasteiger partial charge in [0.05, 0.1) is 17.3 Å². The van der Waals surface area contributed by atoms with E-state index in [2.05, 4.69) is 42.3 Å². The van der Waals surface area contributed by atoms with Crippen LogP contribution in [0.15, 0.2) is 18.2 Å². The molecule has 1 unspecified atom stereocenters. The van der Waals surface area contributed by atoms with Gasteiger partial charge in [-0.25, -0.2) is 0 Å². The normalized spacial score (nSPS) is 16.2. The number of rotatable bonds is 8. The lowest BCUT2D eigenvalue weighted by molar-refractivity contribution is 0.301. The van der Waals surface area contributed by atoms with Crippen molar-refractivity contribution in [3.63, 3.8) is 0 Å². The van der Waals surface area contributed by atoms with E-state index in [9.17, 15) is 5.11 Å². The summed E-state index contributed by atoms with van der Waals surface area (Å²) in [6, 6.07) is 7.16. The molecular weight excluding hydrogens is 272 g/mol. The quantitative estimate of drug-likeness (QED) is 0.772. The number of hydrogen-bond acceptors (Lipinski definition) is 3. The van der Waals surface area contributed by atoms with Crippen LogP contribution < -0.4 is 10.2 Å². The van der Waals surface area contributed by atoms with Gasteiger partial charge < -0.3 is 15.3 Å². The summed E-state index contributed by atoms with van der Waals surface area (Å²) in [6.45, 7) is 6.17. The third-order valence-electron chi connectivity index (χ3n) is 3.81. The summed E-state index contributed by atoms with van der Waals surface area (Å²) in [6.07, 6.45) is 3.53. The Kier molecular flexibility index (Phi) is 5.70. The molecule has 112 valence electrons. The lowest BCUT2D eigenvalue weighted by Gasteiger charge is -2.25. The maximum Gasteiger partial charge on any atom is 0.0643 e. The van der Waals surface area contributed by atoms with Crippen molar-refractivity contribution in [2.45, 2.75) is 45.2 Å². The highest BCUT2D eigenvalue weighted by molar-refractivity contribution is 6.33. The van der Waals surface area contributed by atoms with Crippen molar-refractivity contribution in [2.24, 2.45) is 0 Å². The molecule has 3 nitrogen and oxygen atoms in total. The molecule has 0 spiro atoms. The molecule has 2 N–H and O–H groups in total. The van der Waals surface area contributed by atoms with Crippen molar-refractivity contribution in [3.05, 3.63) is 28.8 Å². The molecule has 1 aliphatic rings. The summed E-state index contributed by atoms with van der Waals surface area (Å²) in [4.78, 5) is 2.23. The highest BCUT2D eigenvalue weighted by Gasteiger charge is 2.30. The van der Waals surface area contributed by atoms with Crippen LogP contribution in [0.1, 0.15) is 44.7 Å². The van der Waals surface area contributed by atoms with Gasteiger partial charge in [0.1, 0.15) is 0 Å². The molecule has 1 aliphatic carbocycles. The van der Waals surface area contributed by atoms with E-state index in [0.717, 1.165) is 23.7 Å². The van der Waals surface area contributed by atoms with E-state index in [-0.39, 0.29) is 6.61 Å². The molecule has 4 heteroatoms. The van der Waals surface area contributed by atoms with Gasteiger partial charge in [-0.3, -0.25) is 0 Å². The van der Waals surface area contributed by atoms with Crippen molar-refractivity contribution in [1.82, 2.24) is 5.32 Å². The zero-order valence-corrected chi connectivity index (χ0v) is 13.2. The first-order chi connectivity index (χ1) is 9.67. The van der Waals surface area contributed by atoms with Gasteiger partial charge in [0.2, 0.25) is 0 Å². The molecular formula is C16H25ClN2O. The maximum atomic E-state index is 9.21. The Morgan fingerprint density at radius 3 is 2.75 bits per heavy atom. The smallest absolute Gasteiger partial charge is 0.0643 e. The second kappa shape index (κ2) is 7.30. The van der Waals surface area contributed by atoms with E-state index >= 15 is 0 Å². The van der Waals surface area contributed by atoms with Crippen LogP contribution in [0.25, 0.3) is 0 Å². The van der Waals surface area contributed by atoms with Gasteiger partial charge in [-0.1, -0.05) is 24.6 Å². The molecule has 1 fully saturated rings. The van der Waals surface area contributed by atoms with E-state index in [0.29, 0.717) is 18.6 Å². The van der Waals surface area contributed by atoms with Gasteiger partial charge in [-0.15, -0.1) is 0 Å². The fraction of sp³-hybridized carbons (Fsp3) is 0.625. The first-order valence-electron chi connectivity index (χ1n) is 7.57. The van der Waals surface area contributed by atoms with Crippen LogP contribution in [0, 0.1) is 0 Å². The number of halogens is 1. The van der Waals surface area contributed by atoms with E-state index in [4.69, 9.17) is 11.6 Å². The van der Waals surface area contributed by atoms with Gasteiger partial charge in [0, 0.05) is 18.6 Å². The topological polar surface area (TPSA) is 35.5 Å². The van der Waals surface area contributed by atoms with Crippen molar-refractivity contribution < 1.29 is 5.11 Å². The SMILES string of the molecule is CCCNC(C)c1ccc(N(CCO)C2CC2)c(Cl)c1. The van der Waals surface area contributed by atoms with Crippen molar-refractivity contribution >= 4 is 17.3 Å². The fourth-order valence-corrected chi connectivity index (χ4v) is 2.80. The highest BCUT2D eigenvalue weighted by Crippen LogP contribution is 2.36. The molecule has 0 aromatic heterocycles. The number of hydrogen-bond donors (Lipinski definition) is 2. The standard InChI is InChI=1S/C16H25ClN2O/c1-3-8-18-12(2)13-4-7-16(15(17)11-13)19(9-10-20)14-5-6-14/h4,7,11-12,14,18,20H,3,5-6,8-10H2,1-2H3. The minimum absolute atomic E-state index is 0.170. The number of aliphatic hydroxyl groups is 1.